The normalized spacial score (nSPS) is 11.2. The summed E-state index contributed by atoms with van der Waals surface area (Å²) < 4.78 is 0. The third-order valence-corrected chi connectivity index (χ3v) is 4.66. The van der Waals surface area contributed by atoms with Crippen LogP contribution in [0.1, 0.15) is 110 Å². The lowest BCUT2D eigenvalue weighted by Gasteiger charge is -2.16. The van der Waals surface area contributed by atoms with Crippen molar-refractivity contribution in [1.82, 2.24) is 10.2 Å². The molecule has 144 valence electrons. The van der Waals surface area contributed by atoms with Crippen LogP contribution in [0.2, 0.25) is 0 Å². The van der Waals surface area contributed by atoms with Crippen molar-refractivity contribution < 1.29 is 4.79 Å². The van der Waals surface area contributed by atoms with Crippen LogP contribution in [0.15, 0.2) is 0 Å². The molecule has 0 saturated carbocycles. The molecule has 3 heteroatoms. The molecule has 0 fully saturated rings. The summed E-state index contributed by atoms with van der Waals surface area (Å²) in [7, 11) is 2.05. The van der Waals surface area contributed by atoms with Crippen molar-refractivity contribution in [3.05, 3.63) is 0 Å². The molecular weight excluding hydrogens is 296 g/mol. The number of rotatable bonds is 18. The fraction of sp³-hybridized carbons (Fsp3) is 0.952. The Morgan fingerprint density at radius 1 is 0.708 bits per heavy atom. The lowest BCUT2D eigenvalue weighted by Crippen LogP contribution is -2.35. The molecule has 0 bridgehead atoms. The number of nitrogens with one attached hydrogen (secondary N) is 1. The van der Waals surface area contributed by atoms with Crippen LogP contribution in [0.3, 0.4) is 0 Å². The molecule has 0 saturated heterocycles. The van der Waals surface area contributed by atoms with Crippen molar-refractivity contribution in [1.29, 1.82) is 0 Å². The summed E-state index contributed by atoms with van der Waals surface area (Å²) in [6.45, 7) is 6.16. The zero-order chi connectivity index (χ0) is 17.9. The highest BCUT2D eigenvalue weighted by atomic mass is 16.1. The van der Waals surface area contributed by atoms with E-state index in [0.717, 1.165) is 19.4 Å². The van der Waals surface area contributed by atoms with Crippen LogP contribution in [-0.4, -0.2) is 31.1 Å². The highest BCUT2D eigenvalue weighted by Crippen LogP contribution is 2.12. The van der Waals surface area contributed by atoms with Crippen LogP contribution >= 0.6 is 0 Å². The van der Waals surface area contributed by atoms with Crippen molar-refractivity contribution in [2.45, 2.75) is 110 Å². The van der Waals surface area contributed by atoms with Crippen LogP contribution in [0.4, 0.5) is 0 Å². The van der Waals surface area contributed by atoms with Gasteiger partial charge in [-0.25, -0.2) is 0 Å². The Balaban J connectivity index is 3.18. The molecule has 0 aliphatic heterocycles. The van der Waals surface area contributed by atoms with Crippen LogP contribution in [0, 0.1) is 0 Å². The van der Waals surface area contributed by atoms with Crippen LogP contribution in [0.25, 0.3) is 0 Å². The van der Waals surface area contributed by atoms with Crippen LogP contribution in [0.5, 0.6) is 0 Å². The molecule has 0 aromatic heterocycles. The Morgan fingerprint density at radius 2 is 1.17 bits per heavy atom. The molecule has 1 N–H and O–H groups in total. The van der Waals surface area contributed by atoms with Crippen molar-refractivity contribution in [2.24, 2.45) is 0 Å². The standard InChI is InChI=1S/C21H44N2O/c1-4-6-7-8-9-10-11-12-13-14-15-16-17-18-21(24)22-20-23(3)19-5-2/h4-20H2,1-3H3,(H,22,24). The number of carbonyl (C=O) groups is 1. The van der Waals surface area contributed by atoms with Crippen LogP contribution < -0.4 is 5.32 Å². The van der Waals surface area contributed by atoms with E-state index in [2.05, 4.69) is 31.1 Å². The quantitative estimate of drug-likeness (QED) is 0.249. The van der Waals surface area contributed by atoms with Gasteiger partial charge in [0.1, 0.15) is 0 Å². The second-order valence-corrected chi connectivity index (χ2v) is 7.33. The van der Waals surface area contributed by atoms with E-state index in [-0.39, 0.29) is 5.91 Å². The Bertz CT molecular complexity index is 269. The third kappa shape index (κ3) is 17.8. The fourth-order valence-corrected chi connectivity index (χ4v) is 3.08. The molecule has 0 radical (unpaired) electrons. The monoisotopic (exact) mass is 340 g/mol. The van der Waals surface area contributed by atoms with Gasteiger partial charge in [0.15, 0.2) is 0 Å². The van der Waals surface area contributed by atoms with Crippen LogP contribution in [-0.2, 0) is 4.79 Å². The van der Waals surface area contributed by atoms with E-state index in [0.29, 0.717) is 13.1 Å². The Kier molecular flexibility index (Phi) is 18.3. The zero-order valence-corrected chi connectivity index (χ0v) is 16.9. The van der Waals surface area contributed by atoms with Gasteiger partial charge < -0.3 is 5.32 Å². The molecular formula is C21H44N2O. The molecule has 0 unspecified atom stereocenters. The highest BCUT2D eigenvalue weighted by Gasteiger charge is 2.02. The van der Waals surface area contributed by atoms with E-state index in [1.807, 2.05) is 0 Å². The lowest BCUT2D eigenvalue weighted by molar-refractivity contribution is -0.121. The molecule has 0 spiro atoms. The van der Waals surface area contributed by atoms with Crippen molar-refractivity contribution in [3.63, 3.8) is 0 Å². The van der Waals surface area contributed by atoms with Gasteiger partial charge in [0, 0.05) is 6.42 Å². The molecule has 0 aliphatic carbocycles. The molecule has 0 aromatic rings. The van der Waals surface area contributed by atoms with E-state index in [9.17, 15) is 4.79 Å². The summed E-state index contributed by atoms with van der Waals surface area (Å²) in [5, 5.41) is 3.00. The highest BCUT2D eigenvalue weighted by molar-refractivity contribution is 5.75. The Hall–Kier alpha value is -0.570. The van der Waals surface area contributed by atoms with Gasteiger partial charge in [-0.1, -0.05) is 90.9 Å². The Labute approximate surface area is 152 Å². The average molecular weight is 341 g/mol. The molecule has 0 rings (SSSR count). The fourth-order valence-electron chi connectivity index (χ4n) is 3.08. The van der Waals surface area contributed by atoms with Crippen molar-refractivity contribution in [3.8, 4) is 0 Å². The molecule has 3 nitrogen and oxygen atoms in total. The van der Waals surface area contributed by atoms with Gasteiger partial charge in [0.25, 0.3) is 0 Å². The summed E-state index contributed by atoms with van der Waals surface area (Å²) >= 11 is 0. The summed E-state index contributed by atoms with van der Waals surface area (Å²) in [6, 6.07) is 0. The second kappa shape index (κ2) is 18.8. The lowest BCUT2D eigenvalue weighted by atomic mass is 10.0. The minimum Gasteiger partial charge on any atom is -0.343 e. The number of amides is 1. The van der Waals surface area contributed by atoms with Crippen molar-refractivity contribution in [2.75, 3.05) is 20.3 Å². The largest absolute Gasteiger partial charge is 0.343 e. The van der Waals surface area contributed by atoms with Crippen molar-refractivity contribution >= 4 is 5.91 Å². The van der Waals surface area contributed by atoms with E-state index < -0.39 is 0 Å². The molecule has 1 amide bonds. The number of hydrogen-bond donors (Lipinski definition) is 1. The smallest absolute Gasteiger partial charge is 0.220 e. The van der Waals surface area contributed by atoms with Gasteiger partial charge in [-0.05, 0) is 26.4 Å². The number of hydrogen-bond acceptors (Lipinski definition) is 2. The molecule has 0 heterocycles. The topological polar surface area (TPSA) is 32.3 Å². The first kappa shape index (κ1) is 23.4. The molecule has 0 aromatic carbocycles. The average Bonchev–Trinajstić information content (AvgIpc) is 2.57. The summed E-state index contributed by atoms with van der Waals surface area (Å²) in [6.07, 6.45) is 19.4. The van der Waals surface area contributed by atoms with E-state index in [4.69, 9.17) is 0 Å². The van der Waals surface area contributed by atoms with Gasteiger partial charge >= 0.3 is 0 Å². The Morgan fingerprint density at radius 3 is 1.62 bits per heavy atom. The second-order valence-electron chi connectivity index (χ2n) is 7.33. The zero-order valence-electron chi connectivity index (χ0n) is 16.9. The molecule has 0 atom stereocenters. The van der Waals surface area contributed by atoms with E-state index in [1.54, 1.807) is 0 Å². The first-order chi connectivity index (χ1) is 11.7. The predicted octanol–water partition coefficient (Wildman–Crippen LogP) is 5.88. The minimum absolute atomic E-state index is 0.209. The predicted molar refractivity (Wildman–Crippen MR) is 106 cm³/mol. The number of unbranched alkanes of at least 4 members (excludes halogenated alkanes) is 12. The first-order valence-corrected chi connectivity index (χ1v) is 10.7. The van der Waals surface area contributed by atoms with Gasteiger partial charge in [-0.2, -0.15) is 0 Å². The third-order valence-electron chi connectivity index (χ3n) is 4.66. The molecule has 0 aliphatic rings. The maximum absolute atomic E-state index is 11.7. The van der Waals surface area contributed by atoms with Gasteiger partial charge in [0.05, 0.1) is 6.67 Å². The SMILES string of the molecule is CCCCCCCCCCCCCCCC(=O)NCN(C)CCC. The van der Waals surface area contributed by atoms with Gasteiger partial charge in [-0.3, -0.25) is 9.69 Å². The minimum atomic E-state index is 0.209. The molecule has 24 heavy (non-hydrogen) atoms. The number of carbonyl (C=O) groups excluding carboxylic acids is 1. The summed E-state index contributed by atoms with van der Waals surface area (Å²) in [5.74, 6) is 0.209. The van der Waals surface area contributed by atoms with Gasteiger partial charge in [0.2, 0.25) is 5.91 Å². The van der Waals surface area contributed by atoms with Gasteiger partial charge in [-0.15, -0.1) is 0 Å². The maximum atomic E-state index is 11.7. The summed E-state index contributed by atoms with van der Waals surface area (Å²) in [4.78, 5) is 13.9. The number of nitrogens with zero attached hydrogens (tertiary/aromatic N) is 1. The van der Waals surface area contributed by atoms with E-state index >= 15 is 0 Å². The van der Waals surface area contributed by atoms with E-state index in [1.165, 1.54) is 77.0 Å². The summed E-state index contributed by atoms with van der Waals surface area (Å²) in [5.41, 5.74) is 0. The first-order valence-electron chi connectivity index (χ1n) is 10.7. The maximum Gasteiger partial charge on any atom is 0.220 e.